The number of aromatic nitrogens is 1. The van der Waals surface area contributed by atoms with Crippen molar-refractivity contribution in [3.63, 3.8) is 0 Å². The lowest BCUT2D eigenvalue weighted by Gasteiger charge is -2.05. The molecule has 4 rings (SSSR count). The molecule has 28 heavy (non-hydrogen) atoms. The molecule has 0 aliphatic heterocycles. The van der Waals surface area contributed by atoms with Crippen molar-refractivity contribution in [2.75, 3.05) is 0 Å². The molecule has 4 aromatic rings. The predicted molar refractivity (Wildman–Crippen MR) is 103 cm³/mol. The first-order chi connectivity index (χ1) is 13.5. The maximum atomic E-state index is 13.1. The molecule has 140 valence electrons. The average molecular weight is 376 g/mol. The van der Waals surface area contributed by atoms with Crippen LogP contribution in [-0.4, -0.2) is 20.5 Å². The van der Waals surface area contributed by atoms with Gasteiger partial charge in [0, 0.05) is 34.3 Å². The number of aliphatic hydroxyl groups excluding tert-OH is 1. The molecule has 0 aliphatic carbocycles. The number of nitro groups is 1. The number of furan rings is 1. The molecule has 0 atom stereocenters. The van der Waals surface area contributed by atoms with Crippen molar-refractivity contribution in [3.8, 4) is 11.3 Å². The van der Waals surface area contributed by atoms with E-state index in [9.17, 15) is 20.0 Å². The highest BCUT2D eigenvalue weighted by Gasteiger charge is 2.22. The number of hydrogen-bond donors (Lipinski definition) is 1. The van der Waals surface area contributed by atoms with E-state index in [0.717, 1.165) is 5.39 Å². The van der Waals surface area contributed by atoms with Gasteiger partial charge < -0.3 is 9.52 Å². The minimum Gasteiger partial charge on any atom is -0.451 e. The highest BCUT2D eigenvalue weighted by Crippen LogP contribution is 2.29. The summed E-state index contributed by atoms with van der Waals surface area (Å²) in [5, 5.41) is 21.5. The van der Waals surface area contributed by atoms with Crippen LogP contribution in [0.3, 0.4) is 0 Å². The molecule has 7 nitrogen and oxygen atoms in total. The largest absolute Gasteiger partial charge is 0.451 e. The van der Waals surface area contributed by atoms with Gasteiger partial charge in [-0.05, 0) is 25.1 Å². The van der Waals surface area contributed by atoms with Crippen LogP contribution in [0, 0.1) is 17.0 Å². The minimum atomic E-state index is -0.482. The van der Waals surface area contributed by atoms with E-state index in [-0.39, 0.29) is 24.0 Å². The maximum absolute atomic E-state index is 13.1. The summed E-state index contributed by atoms with van der Waals surface area (Å²) < 4.78 is 7.22. The molecular weight excluding hydrogens is 360 g/mol. The van der Waals surface area contributed by atoms with Crippen LogP contribution in [0.25, 0.3) is 22.2 Å². The molecule has 7 heteroatoms. The Morgan fingerprint density at radius 2 is 1.93 bits per heavy atom. The highest BCUT2D eigenvalue weighted by molar-refractivity contribution is 6.02. The third kappa shape index (κ3) is 2.78. The van der Waals surface area contributed by atoms with Crippen molar-refractivity contribution in [2.24, 2.45) is 0 Å². The number of hydrogen-bond acceptors (Lipinski definition) is 5. The standard InChI is InChI=1S/C21H16N2O5/c1-13-17(12-24)16-7-2-3-8-18(16)22(13)21(25)20-10-9-19(28-20)14-5-4-6-15(11-14)23(26)27/h2-11,24H,12H2,1H3. The Labute approximate surface area is 159 Å². The molecule has 2 aromatic carbocycles. The SMILES string of the molecule is Cc1c(CO)c2ccccc2n1C(=O)c1ccc(-c2cccc([N+](=O)[O-])c2)o1. The first-order valence-corrected chi connectivity index (χ1v) is 8.60. The Hall–Kier alpha value is -3.71. The van der Waals surface area contributed by atoms with Gasteiger partial charge >= 0.3 is 0 Å². The Morgan fingerprint density at radius 3 is 2.68 bits per heavy atom. The third-order valence-corrected chi connectivity index (χ3v) is 4.76. The fraction of sp³-hybridized carbons (Fsp3) is 0.0952. The fourth-order valence-electron chi connectivity index (χ4n) is 3.39. The average Bonchev–Trinajstić information content (AvgIpc) is 3.30. The molecule has 1 N–H and O–H groups in total. The van der Waals surface area contributed by atoms with Crippen LogP contribution in [0.5, 0.6) is 0 Å². The number of rotatable bonds is 4. The summed E-state index contributed by atoms with van der Waals surface area (Å²) in [5.74, 6) is 0.100. The smallest absolute Gasteiger partial charge is 0.298 e. The molecule has 2 heterocycles. The first kappa shape index (κ1) is 17.7. The van der Waals surface area contributed by atoms with Gasteiger partial charge in [0.05, 0.1) is 17.0 Å². The van der Waals surface area contributed by atoms with Crippen molar-refractivity contribution >= 4 is 22.5 Å². The monoisotopic (exact) mass is 376 g/mol. The molecule has 0 radical (unpaired) electrons. The Bertz CT molecular complexity index is 1220. The Morgan fingerprint density at radius 1 is 1.14 bits per heavy atom. The van der Waals surface area contributed by atoms with Crippen LogP contribution >= 0.6 is 0 Å². The fourth-order valence-corrected chi connectivity index (χ4v) is 3.39. The van der Waals surface area contributed by atoms with Gasteiger partial charge in [-0.2, -0.15) is 0 Å². The highest BCUT2D eigenvalue weighted by atomic mass is 16.6. The van der Waals surface area contributed by atoms with Gasteiger partial charge in [0.2, 0.25) is 0 Å². The Kier molecular flexibility index (Phi) is 4.29. The summed E-state index contributed by atoms with van der Waals surface area (Å²) in [7, 11) is 0. The van der Waals surface area contributed by atoms with Gasteiger partial charge in [-0.15, -0.1) is 0 Å². The number of carbonyl (C=O) groups excluding carboxylic acids is 1. The normalized spacial score (nSPS) is 11.1. The van der Waals surface area contributed by atoms with Crippen molar-refractivity contribution in [2.45, 2.75) is 13.5 Å². The maximum Gasteiger partial charge on any atom is 0.298 e. The van der Waals surface area contributed by atoms with Gasteiger partial charge in [0.15, 0.2) is 5.76 Å². The van der Waals surface area contributed by atoms with E-state index in [2.05, 4.69) is 0 Å². The second-order valence-electron chi connectivity index (χ2n) is 6.35. The number of carbonyl (C=O) groups is 1. The summed E-state index contributed by atoms with van der Waals surface area (Å²) in [6.45, 7) is 1.59. The number of aliphatic hydroxyl groups is 1. The summed E-state index contributed by atoms with van der Waals surface area (Å²) in [5.41, 5.74) is 2.47. The van der Waals surface area contributed by atoms with Crippen molar-refractivity contribution in [1.29, 1.82) is 0 Å². The number of fused-ring (bicyclic) bond motifs is 1. The topological polar surface area (TPSA) is 98.5 Å². The number of benzene rings is 2. The third-order valence-electron chi connectivity index (χ3n) is 4.76. The van der Waals surface area contributed by atoms with Gasteiger partial charge in [0.25, 0.3) is 11.6 Å². The zero-order valence-corrected chi connectivity index (χ0v) is 15.0. The van der Waals surface area contributed by atoms with Crippen LogP contribution in [0.2, 0.25) is 0 Å². The molecule has 0 saturated carbocycles. The summed E-state index contributed by atoms with van der Waals surface area (Å²) in [6, 6.07) is 16.5. The van der Waals surface area contributed by atoms with E-state index < -0.39 is 4.92 Å². The predicted octanol–water partition coefficient (Wildman–Crippen LogP) is 4.30. The minimum absolute atomic E-state index is 0.0541. The van der Waals surface area contributed by atoms with Crippen LogP contribution in [0.15, 0.2) is 65.1 Å². The van der Waals surface area contributed by atoms with E-state index in [0.29, 0.717) is 28.1 Å². The van der Waals surface area contributed by atoms with E-state index in [4.69, 9.17) is 4.42 Å². The first-order valence-electron chi connectivity index (χ1n) is 8.60. The summed E-state index contributed by atoms with van der Waals surface area (Å²) in [6.07, 6.45) is 0. The summed E-state index contributed by atoms with van der Waals surface area (Å²) >= 11 is 0. The van der Waals surface area contributed by atoms with Crippen LogP contribution in [0.1, 0.15) is 21.8 Å². The molecule has 0 bridgehead atoms. The lowest BCUT2D eigenvalue weighted by molar-refractivity contribution is -0.384. The van der Waals surface area contributed by atoms with Crippen LogP contribution in [0.4, 0.5) is 5.69 Å². The van der Waals surface area contributed by atoms with Crippen molar-refractivity contribution < 1.29 is 19.2 Å². The lowest BCUT2D eigenvalue weighted by atomic mass is 10.1. The second kappa shape index (κ2) is 6.79. The van der Waals surface area contributed by atoms with Gasteiger partial charge in [-0.1, -0.05) is 30.3 Å². The van der Waals surface area contributed by atoms with Crippen LogP contribution < -0.4 is 0 Å². The zero-order chi connectivity index (χ0) is 19.8. The van der Waals surface area contributed by atoms with Crippen molar-refractivity contribution in [3.05, 3.63) is 87.8 Å². The van der Waals surface area contributed by atoms with Gasteiger partial charge in [0.1, 0.15) is 5.76 Å². The van der Waals surface area contributed by atoms with E-state index in [1.807, 2.05) is 24.3 Å². The van der Waals surface area contributed by atoms with E-state index in [1.54, 1.807) is 31.2 Å². The second-order valence-corrected chi connectivity index (χ2v) is 6.35. The van der Waals surface area contributed by atoms with Crippen LogP contribution in [-0.2, 0) is 6.61 Å². The molecule has 0 spiro atoms. The lowest BCUT2D eigenvalue weighted by Crippen LogP contribution is -2.12. The van der Waals surface area contributed by atoms with E-state index >= 15 is 0 Å². The quantitative estimate of drug-likeness (QED) is 0.423. The molecule has 0 saturated heterocycles. The number of non-ortho nitro benzene ring substituents is 1. The molecule has 2 aromatic heterocycles. The van der Waals surface area contributed by atoms with E-state index in [1.165, 1.54) is 16.7 Å². The Balaban J connectivity index is 1.77. The molecule has 0 unspecified atom stereocenters. The molecular formula is C21H16N2O5. The molecule has 0 aliphatic rings. The number of para-hydroxylation sites is 1. The zero-order valence-electron chi connectivity index (χ0n) is 15.0. The number of nitrogens with zero attached hydrogens (tertiary/aromatic N) is 2. The summed E-state index contributed by atoms with van der Waals surface area (Å²) in [4.78, 5) is 23.6. The molecule has 0 fully saturated rings. The van der Waals surface area contributed by atoms with Gasteiger partial charge in [-0.3, -0.25) is 19.5 Å². The number of nitro benzene ring substituents is 1. The van der Waals surface area contributed by atoms with Crippen molar-refractivity contribution in [1.82, 2.24) is 4.57 Å². The van der Waals surface area contributed by atoms with Gasteiger partial charge in [-0.25, -0.2) is 0 Å². The molecule has 0 amide bonds.